The van der Waals surface area contributed by atoms with Crippen LogP contribution >= 0.6 is 0 Å². The SMILES string of the molecule is Cc1cccc(CCC(=O)NC[C@H](O)C(=O)O)c1. The molecule has 0 aliphatic heterocycles. The van der Waals surface area contributed by atoms with Gasteiger partial charge in [-0.25, -0.2) is 4.79 Å². The second-order valence-electron chi connectivity index (χ2n) is 4.15. The third-order valence-electron chi connectivity index (χ3n) is 2.50. The fraction of sp³-hybridized carbons (Fsp3) is 0.385. The molecular weight excluding hydrogens is 234 g/mol. The number of hydrogen-bond donors (Lipinski definition) is 3. The van der Waals surface area contributed by atoms with Gasteiger partial charge in [0.1, 0.15) is 0 Å². The first-order chi connectivity index (χ1) is 8.49. The number of rotatable bonds is 6. The predicted octanol–water partition coefficient (Wildman–Crippen LogP) is 0.489. The molecule has 3 N–H and O–H groups in total. The van der Waals surface area contributed by atoms with Gasteiger partial charge in [-0.05, 0) is 18.9 Å². The van der Waals surface area contributed by atoms with Gasteiger partial charge in [-0.1, -0.05) is 29.8 Å². The van der Waals surface area contributed by atoms with Crippen LogP contribution in [0.1, 0.15) is 17.5 Å². The molecule has 1 amide bonds. The van der Waals surface area contributed by atoms with Crippen molar-refractivity contribution in [2.75, 3.05) is 6.54 Å². The third-order valence-corrected chi connectivity index (χ3v) is 2.50. The molecule has 0 saturated carbocycles. The molecule has 1 aromatic carbocycles. The lowest BCUT2D eigenvalue weighted by atomic mass is 10.1. The number of amides is 1. The van der Waals surface area contributed by atoms with E-state index in [1.165, 1.54) is 0 Å². The maximum atomic E-state index is 11.4. The summed E-state index contributed by atoms with van der Waals surface area (Å²) >= 11 is 0. The van der Waals surface area contributed by atoms with Crippen molar-refractivity contribution in [1.29, 1.82) is 0 Å². The van der Waals surface area contributed by atoms with Crippen LogP contribution in [0, 0.1) is 6.92 Å². The molecule has 1 atom stereocenters. The van der Waals surface area contributed by atoms with Gasteiger partial charge in [0.2, 0.25) is 5.91 Å². The molecule has 0 fully saturated rings. The highest BCUT2D eigenvalue weighted by Crippen LogP contribution is 2.06. The Morgan fingerprint density at radius 1 is 1.39 bits per heavy atom. The Morgan fingerprint density at radius 2 is 2.11 bits per heavy atom. The largest absolute Gasteiger partial charge is 0.479 e. The zero-order valence-electron chi connectivity index (χ0n) is 10.2. The number of benzene rings is 1. The maximum Gasteiger partial charge on any atom is 0.334 e. The number of aryl methyl sites for hydroxylation is 2. The number of aliphatic hydroxyl groups is 1. The molecule has 98 valence electrons. The van der Waals surface area contributed by atoms with Crippen molar-refractivity contribution in [3.05, 3.63) is 35.4 Å². The fourth-order valence-corrected chi connectivity index (χ4v) is 1.51. The Kier molecular flexibility index (Phi) is 5.32. The zero-order valence-corrected chi connectivity index (χ0v) is 10.2. The lowest BCUT2D eigenvalue weighted by Gasteiger charge is -2.08. The number of carbonyl (C=O) groups excluding carboxylic acids is 1. The van der Waals surface area contributed by atoms with E-state index in [1.807, 2.05) is 31.2 Å². The number of aliphatic carboxylic acids is 1. The van der Waals surface area contributed by atoms with Crippen LogP contribution in [0.2, 0.25) is 0 Å². The molecule has 0 aromatic heterocycles. The van der Waals surface area contributed by atoms with Crippen molar-refractivity contribution in [1.82, 2.24) is 5.32 Å². The highest BCUT2D eigenvalue weighted by molar-refractivity contribution is 5.78. The van der Waals surface area contributed by atoms with Gasteiger partial charge in [0, 0.05) is 6.42 Å². The lowest BCUT2D eigenvalue weighted by Crippen LogP contribution is -2.36. The molecule has 0 radical (unpaired) electrons. The molecule has 0 aliphatic rings. The number of hydrogen-bond acceptors (Lipinski definition) is 3. The molecule has 0 aliphatic carbocycles. The van der Waals surface area contributed by atoms with Crippen molar-refractivity contribution in [3.8, 4) is 0 Å². The maximum absolute atomic E-state index is 11.4. The van der Waals surface area contributed by atoms with Gasteiger partial charge in [0.15, 0.2) is 6.10 Å². The summed E-state index contributed by atoms with van der Waals surface area (Å²) in [6.45, 7) is 1.72. The summed E-state index contributed by atoms with van der Waals surface area (Å²) in [4.78, 5) is 21.7. The number of aliphatic hydroxyl groups excluding tert-OH is 1. The second kappa shape index (κ2) is 6.76. The highest BCUT2D eigenvalue weighted by Gasteiger charge is 2.13. The van der Waals surface area contributed by atoms with E-state index in [2.05, 4.69) is 5.32 Å². The van der Waals surface area contributed by atoms with Crippen LogP contribution in [0.25, 0.3) is 0 Å². The molecule has 0 saturated heterocycles. The van der Waals surface area contributed by atoms with Crippen molar-refractivity contribution >= 4 is 11.9 Å². The van der Waals surface area contributed by atoms with E-state index in [9.17, 15) is 9.59 Å². The fourth-order valence-electron chi connectivity index (χ4n) is 1.51. The average Bonchev–Trinajstić information content (AvgIpc) is 2.33. The minimum absolute atomic E-state index is 0.262. The first-order valence-electron chi connectivity index (χ1n) is 5.72. The van der Waals surface area contributed by atoms with Gasteiger partial charge in [-0.3, -0.25) is 4.79 Å². The van der Waals surface area contributed by atoms with Crippen LogP contribution in [-0.2, 0) is 16.0 Å². The van der Waals surface area contributed by atoms with Crippen LogP contribution in [0.15, 0.2) is 24.3 Å². The van der Waals surface area contributed by atoms with Crippen LogP contribution in [0.4, 0.5) is 0 Å². The van der Waals surface area contributed by atoms with Crippen LogP contribution in [0.5, 0.6) is 0 Å². The van der Waals surface area contributed by atoms with E-state index in [-0.39, 0.29) is 18.9 Å². The summed E-state index contributed by atoms with van der Waals surface area (Å²) in [5.74, 6) is -1.61. The molecule has 18 heavy (non-hydrogen) atoms. The van der Waals surface area contributed by atoms with Crippen molar-refractivity contribution < 1.29 is 19.8 Å². The van der Waals surface area contributed by atoms with Gasteiger partial charge < -0.3 is 15.5 Å². The van der Waals surface area contributed by atoms with Gasteiger partial charge in [-0.15, -0.1) is 0 Å². The van der Waals surface area contributed by atoms with Gasteiger partial charge in [0.05, 0.1) is 6.54 Å². The van der Waals surface area contributed by atoms with Gasteiger partial charge in [-0.2, -0.15) is 0 Å². The smallest absolute Gasteiger partial charge is 0.334 e. The quantitative estimate of drug-likeness (QED) is 0.686. The number of nitrogens with one attached hydrogen (secondary N) is 1. The molecule has 5 heteroatoms. The van der Waals surface area contributed by atoms with Gasteiger partial charge >= 0.3 is 5.97 Å². The summed E-state index contributed by atoms with van der Waals surface area (Å²) in [6, 6.07) is 7.84. The molecule has 1 aromatic rings. The van der Waals surface area contributed by atoms with Gasteiger partial charge in [0.25, 0.3) is 0 Å². The Labute approximate surface area is 105 Å². The number of carboxylic acid groups (broad SMARTS) is 1. The molecule has 1 rings (SSSR count). The summed E-state index contributed by atoms with van der Waals surface area (Å²) in [7, 11) is 0. The Bertz CT molecular complexity index is 431. The van der Waals surface area contributed by atoms with E-state index >= 15 is 0 Å². The third kappa shape index (κ3) is 4.97. The first-order valence-corrected chi connectivity index (χ1v) is 5.72. The molecule has 5 nitrogen and oxygen atoms in total. The monoisotopic (exact) mass is 251 g/mol. The molecule has 0 spiro atoms. The summed E-state index contributed by atoms with van der Waals surface area (Å²) in [5, 5.41) is 19.8. The normalized spacial score (nSPS) is 11.9. The summed E-state index contributed by atoms with van der Waals surface area (Å²) < 4.78 is 0. The van der Waals surface area contributed by atoms with E-state index in [0.717, 1.165) is 11.1 Å². The molecule has 0 heterocycles. The standard InChI is InChI=1S/C13H17NO4/c1-9-3-2-4-10(7-9)5-6-12(16)14-8-11(15)13(17)18/h2-4,7,11,15H,5-6,8H2,1H3,(H,14,16)(H,17,18)/t11-/m0/s1. The van der Waals surface area contributed by atoms with Crippen LogP contribution in [-0.4, -0.2) is 34.7 Å². The van der Waals surface area contributed by atoms with Crippen molar-refractivity contribution in [2.45, 2.75) is 25.9 Å². The first kappa shape index (κ1) is 14.2. The van der Waals surface area contributed by atoms with Crippen LogP contribution < -0.4 is 5.32 Å². The zero-order chi connectivity index (χ0) is 13.5. The van der Waals surface area contributed by atoms with E-state index in [1.54, 1.807) is 0 Å². The molecule has 0 bridgehead atoms. The Balaban J connectivity index is 2.31. The predicted molar refractivity (Wildman–Crippen MR) is 66.2 cm³/mol. The molecular formula is C13H17NO4. The number of carbonyl (C=O) groups is 2. The average molecular weight is 251 g/mol. The lowest BCUT2D eigenvalue weighted by molar-refractivity contribution is -0.146. The molecule has 0 unspecified atom stereocenters. The number of carboxylic acids is 1. The minimum Gasteiger partial charge on any atom is -0.479 e. The summed E-state index contributed by atoms with van der Waals surface area (Å²) in [6.07, 6.45) is -0.681. The van der Waals surface area contributed by atoms with E-state index in [0.29, 0.717) is 6.42 Å². The topological polar surface area (TPSA) is 86.6 Å². The Hall–Kier alpha value is -1.88. The summed E-state index contributed by atoms with van der Waals surface area (Å²) in [5.41, 5.74) is 2.19. The van der Waals surface area contributed by atoms with E-state index in [4.69, 9.17) is 10.2 Å². The van der Waals surface area contributed by atoms with E-state index < -0.39 is 12.1 Å². The van der Waals surface area contributed by atoms with Crippen LogP contribution in [0.3, 0.4) is 0 Å². The Morgan fingerprint density at radius 3 is 2.72 bits per heavy atom. The highest BCUT2D eigenvalue weighted by atomic mass is 16.4. The second-order valence-corrected chi connectivity index (χ2v) is 4.15. The van der Waals surface area contributed by atoms with Crippen molar-refractivity contribution in [3.63, 3.8) is 0 Å². The minimum atomic E-state index is -1.55. The van der Waals surface area contributed by atoms with Crippen molar-refractivity contribution in [2.24, 2.45) is 0 Å².